The molecule has 0 fully saturated rings. The van der Waals surface area contributed by atoms with E-state index in [2.05, 4.69) is 62.5 Å². The van der Waals surface area contributed by atoms with E-state index >= 15 is 0 Å². The molecule has 2 rings (SSSR count). The number of carboxylic acids is 2. The van der Waals surface area contributed by atoms with E-state index in [-0.39, 0.29) is 39.0 Å². The second-order valence-corrected chi connectivity index (χ2v) is 19.2. The van der Waals surface area contributed by atoms with Gasteiger partial charge in [0.25, 0.3) is 0 Å². The van der Waals surface area contributed by atoms with Crippen molar-refractivity contribution in [1.82, 2.24) is 0 Å². The normalized spacial score (nSPS) is 14.8. The average Bonchev–Trinajstić information content (AvgIpc) is 3.25. The molecule has 6 heteroatoms. The van der Waals surface area contributed by atoms with Crippen LogP contribution in [0.2, 0.25) is 0 Å². The molecule has 0 heterocycles. The SMILES string of the molecule is C1=C\CC/C=C\CC/1.C1=C\CC/C=C\CC/1.CCCCCCCCCCCCCCCCCCCCCC(=O)O.CCCCCCCCCCCCCCCCCCCCCC(=O)O.[Rh].[Rh]. The van der Waals surface area contributed by atoms with Gasteiger partial charge in [-0.15, -0.1) is 0 Å². The van der Waals surface area contributed by atoms with E-state index in [1.165, 1.54) is 270 Å². The minimum absolute atomic E-state index is 0. The number of carbonyl (C=O) groups is 2. The van der Waals surface area contributed by atoms with E-state index in [1.807, 2.05) is 0 Å². The number of hydrogen-bond acceptors (Lipinski definition) is 2. The molecule has 0 aromatic carbocycles. The Kier molecular flexibility index (Phi) is 74.3. The fourth-order valence-corrected chi connectivity index (χ4v) is 8.42. The number of aliphatic carboxylic acids is 2. The predicted octanol–water partition coefficient (Wildman–Crippen LogP) is 21.1. The number of hydrogen-bond donors (Lipinski definition) is 2. The Hall–Kier alpha value is -0.853. The third-order valence-electron chi connectivity index (χ3n) is 12.7. The maximum Gasteiger partial charge on any atom is 0.303 e. The third kappa shape index (κ3) is 74.7. The van der Waals surface area contributed by atoms with E-state index in [0.717, 1.165) is 25.7 Å². The van der Waals surface area contributed by atoms with Crippen LogP contribution in [-0.2, 0) is 48.5 Å². The van der Waals surface area contributed by atoms with E-state index in [4.69, 9.17) is 10.2 Å². The summed E-state index contributed by atoms with van der Waals surface area (Å²) < 4.78 is 0. The van der Waals surface area contributed by atoms with Gasteiger partial charge >= 0.3 is 11.9 Å². The van der Waals surface area contributed by atoms with Gasteiger partial charge in [0.15, 0.2) is 0 Å². The number of unbranched alkanes of at least 4 members (excludes halogenated alkanes) is 36. The topological polar surface area (TPSA) is 74.6 Å². The first-order chi connectivity index (χ1) is 31.5. The van der Waals surface area contributed by atoms with E-state index < -0.39 is 11.9 Å². The molecule has 0 atom stereocenters. The summed E-state index contributed by atoms with van der Waals surface area (Å²) in [5.41, 5.74) is 0. The minimum Gasteiger partial charge on any atom is -0.481 e. The Labute approximate surface area is 438 Å². The minimum atomic E-state index is -0.651. The van der Waals surface area contributed by atoms with Crippen molar-refractivity contribution in [2.75, 3.05) is 0 Å². The van der Waals surface area contributed by atoms with Gasteiger partial charge in [0.1, 0.15) is 0 Å². The fraction of sp³-hybridized carbons (Fsp3) is 0.833. The van der Waals surface area contributed by atoms with E-state index in [0.29, 0.717) is 12.8 Å². The van der Waals surface area contributed by atoms with Gasteiger partial charge in [-0.05, 0) is 64.2 Å². The van der Waals surface area contributed by atoms with Crippen LogP contribution in [0.25, 0.3) is 0 Å². The van der Waals surface area contributed by atoms with Crippen LogP contribution in [-0.4, -0.2) is 22.2 Å². The van der Waals surface area contributed by atoms with Crippen molar-refractivity contribution in [2.24, 2.45) is 0 Å². The Bertz CT molecular complexity index is 890. The molecule has 0 aliphatic heterocycles. The zero-order valence-corrected chi connectivity index (χ0v) is 47.2. The molecular formula is C60H112O4Rh2. The summed E-state index contributed by atoms with van der Waals surface area (Å²) in [5, 5.41) is 17.1. The Balaban J connectivity index is -0.000000425. The van der Waals surface area contributed by atoms with Crippen molar-refractivity contribution >= 4 is 11.9 Å². The van der Waals surface area contributed by atoms with Crippen LogP contribution in [0.5, 0.6) is 0 Å². The number of carboxylic acid groups (broad SMARTS) is 2. The molecule has 0 unspecified atom stereocenters. The summed E-state index contributed by atoms with van der Waals surface area (Å²) in [7, 11) is 0. The molecule has 2 N–H and O–H groups in total. The summed E-state index contributed by atoms with van der Waals surface area (Å²) in [6.45, 7) is 4.57. The van der Waals surface area contributed by atoms with Crippen molar-refractivity contribution in [3.63, 3.8) is 0 Å². The third-order valence-corrected chi connectivity index (χ3v) is 12.7. The summed E-state index contributed by atoms with van der Waals surface area (Å²) in [4.78, 5) is 20.8. The molecule has 0 bridgehead atoms. The van der Waals surface area contributed by atoms with Gasteiger partial charge in [0.05, 0.1) is 0 Å². The van der Waals surface area contributed by atoms with Crippen molar-refractivity contribution in [3.05, 3.63) is 48.6 Å². The smallest absolute Gasteiger partial charge is 0.303 e. The number of allylic oxidation sites excluding steroid dienone is 8. The zero-order chi connectivity index (χ0) is 46.8. The predicted molar refractivity (Wildman–Crippen MR) is 285 cm³/mol. The molecule has 2 aliphatic rings. The summed E-state index contributed by atoms with van der Waals surface area (Å²) >= 11 is 0. The molecule has 0 spiro atoms. The van der Waals surface area contributed by atoms with Crippen LogP contribution in [0.3, 0.4) is 0 Å². The van der Waals surface area contributed by atoms with Crippen molar-refractivity contribution in [1.29, 1.82) is 0 Å². The maximum absolute atomic E-state index is 10.4. The van der Waals surface area contributed by atoms with Gasteiger partial charge in [0, 0.05) is 51.8 Å². The first-order valence-electron chi connectivity index (χ1n) is 28.6. The van der Waals surface area contributed by atoms with Crippen LogP contribution in [0.15, 0.2) is 48.6 Å². The maximum atomic E-state index is 10.4. The molecule has 0 amide bonds. The molecule has 4 nitrogen and oxygen atoms in total. The second-order valence-electron chi connectivity index (χ2n) is 19.2. The molecule has 66 heavy (non-hydrogen) atoms. The summed E-state index contributed by atoms with van der Waals surface area (Å²) in [5.74, 6) is -1.30. The monoisotopic (exact) mass is 1100 g/mol. The van der Waals surface area contributed by atoms with E-state index in [1.54, 1.807) is 0 Å². The fourth-order valence-electron chi connectivity index (χ4n) is 8.42. The van der Waals surface area contributed by atoms with Crippen molar-refractivity contribution in [3.8, 4) is 0 Å². The molecule has 2 aliphatic carbocycles. The standard InChI is InChI=1S/2C22H44O2.2C8H12.2Rh/c2*1-2-3-4-5-6-7-8-9-10-11-12-13-14-15-16-17-18-19-20-21-22(23)24;2*1-2-4-6-8-7-5-3-1;;/h2*2-21H2,1H3,(H,23,24);2*1-2,7-8H,3-6H2;;/b;;2*2-1-,8-7-;;. The summed E-state index contributed by atoms with van der Waals surface area (Å²) in [6, 6.07) is 0. The van der Waals surface area contributed by atoms with Crippen LogP contribution < -0.4 is 0 Å². The van der Waals surface area contributed by atoms with Crippen LogP contribution in [0, 0.1) is 0 Å². The summed E-state index contributed by atoms with van der Waals surface area (Å²) in [6.07, 6.45) is 80.2. The van der Waals surface area contributed by atoms with Gasteiger partial charge in [-0.3, -0.25) is 9.59 Å². The van der Waals surface area contributed by atoms with Gasteiger partial charge in [-0.25, -0.2) is 0 Å². The molecule has 0 aromatic heterocycles. The van der Waals surface area contributed by atoms with Crippen LogP contribution in [0.4, 0.5) is 0 Å². The number of rotatable bonds is 40. The van der Waals surface area contributed by atoms with Gasteiger partial charge in [0.2, 0.25) is 0 Å². The molecule has 0 saturated carbocycles. The Morgan fingerprint density at radius 2 is 0.379 bits per heavy atom. The van der Waals surface area contributed by atoms with E-state index in [9.17, 15) is 9.59 Å². The second kappa shape index (κ2) is 68.4. The molecule has 394 valence electrons. The molecule has 0 saturated heterocycles. The average molecular weight is 1100 g/mol. The van der Waals surface area contributed by atoms with Gasteiger partial charge in [-0.2, -0.15) is 0 Å². The molecule has 2 radical (unpaired) electrons. The largest absolute Gasteiger partial charge is 0.481 e. The first kappa shape index (κ1) is 71.7. The Morgan fingerprint density at radius 3 is 0.500 bits per heavy atom. The quantitative estimate of drug-likeness (QED) is 0.0364. The van der Waals surface area contributed by atoms with Gasteiger partial charge in [-0.1, -0.05) is 294 Å². The molecular weight excluding hydrogens is 990 g/mol. The van der Waals surface area contributed by atoms with Crippen LogP contribution in [0.1, 0.15) is 322 Å². The van der Waals surface area contributed by atoms with Crippen LogP contribution >= 0.6 is 0 Å². The Morgan fingerprint density at radius 1 is 0.258 bits per heavy atom. The van der Waals surface area contributed by atoms with Crippen molar-refractivity contribution in [2.45, 2.75) is 322 Å². The first-order valence-corrected chi connectivity index (χ1v) is 28.6. The van der Waals surface area contributed by atoms with Gasteiger partial charge < -0.3 is 10.2 Å². The van der Waals surface area contributed by atoms with Crippen molar-refractivity contribution < 1.29 is 58.8 Å². The zero-order valence-electron chi connectivity index (χ0n) is 43.9. The molecule has 0 aromatic rings.